The van der Waals surface area contributed by atoms with E-state index in [1.54, 1.807) is 0 Å². The molecule has 2 saturated carbocycles. The first-order valence-electron chi connectivity index (χ1n) is 14.0. The summed E-state index contributed by atoms with van der Waals surface area (Å²) in [7, 11) is 0. The molecule has 0 spiro atoms. The van der Waals surface area contributed by atoms with Gasteiger partial charge in [-0.3, -0.25) is 4.79 Å². The lowest BCUT2D eigenvalue weighted by molar-refractivity contribution is -0.308. The zero-order valence-electron chi connectivity index (χ0n) is 22.4. The SMILES string of the molecule is C[C@@]12CO[C@@H](Cc3ccccc3)O[C@@H]1CC[C@]1(C)C2CC[C@@H](O)[C@H]1CC(=O)NCc1ccc2c(c1)OCO2. The molecule has 2 aliphatic carbocycles. The number of hydrogen-bond donors (Lipinski definition) is 2. The third kappa shape index (κ3) is 4.69. The van der Waals surface area contributed by atoms with E-state index in [0.29, 0.717) is 37.7 Å². The summed E-state index contributed by atoms with van der Waals surface area (Å²) in [6.07, 6.45) is 3.96. The number of carbonyl (C=O) groups excluding carboxylic acids is 1. The van der Waals surface area contributed by atoms with E-state index in [1.165, 1.54) is 5.56 Å². The molecule has 0 aromatic heterocycles. The van der Waals surface area contributed by atoms with E-state index < -0.39 is 6.10 Å². The quantitative estimate of drug-likeness (QED) is 0.578. The van der Waals surface area contributed by atoms with Gasteiger partial charge in [0.25, 0.3) is 0 Å². The van der Waals surface area contributed by atoms with Gasteiger partial charge in [0.15, 0.2) is 17.8 Å². The van der Waals surface area contributed by atoms with Crippen molar-refractivity contribution in [1.29, 1.82) is 0 Å². The molecular formula is C31H39NO6. The second kappa shape index (κ2) is 10.2. The Hall–Kier alpha value is -2.61. The number of nitrogens with one attached hydrogen (secondary N) is 1. The van der Waals surface area contributed by atoms with Gasteiger partial charge in [-0.15, -0.1) is 0 Å². The lowest BCUT2D eigenvalue weighted by Gasteiger charge is -2.63. The zero-order chi connectivity index (χ0) is 26.3. The van der Waals surface area contributed by atoms with E-state index in [4.69, 9.17) is 18.9 Å². The standard InChI is InChI=1S/C31H39NO6/c1-30-13-12-27-31(2,18-35-29(38-27)15-20-6-4-3-5-7-20)26(30)11-9-23(33)22(30)16-28(34)32-17-21-8-10-24-25(14-21)37-19-36-24/h3-8,10,14,22-23,26-27,29,33H,9,11-13,15-19H2,1-2H3,(H,32,34)/t22-,23-,26?,27-,29-,30+,31+/m1/s1. The maximum Gasteiger partial charge on any atom is 0.231 e. The largest absolute Gasteiger partial charge is 0.454 e. The van der Waals surface area contributed by atoms with E-state index in [2.05, 4.69) is 31.3 Å². The predicted molar refractivity (Wildman–Crippen MR) is 141 cm³/mol. The number of aliphatic hydroxyl groups excluding tert-OH is 1. The normalized spacial score (nSPS) is 35.7. The second-order valence-corrected chi connectivity index (χ2v) is 12.1. The number of aliphatic hydroxyl groups is 1. The average molecular weight is 522 g/mol. The number of ether oxygens (including phenoxy) is 4. The smallest absolute Gasteiger partial charge is 0.231 e. The van der Waals surface area contributed by atoms with Gasteiger partial charge in [-0.1, -0.05) is 50.2 Å². The highest BCUT2D eigenvalue weighted by Gasteiger charge is 2.61. The van der Waals surface area contributed by atoms with Gasteiger partial charge in [-0.25, -0.2) is 0 Å². The van der Waals surface area contributed by atoms with Crippen LogP contribution in [0.25, 0.3) is 0 Å². The Labute approximate surface area is 224 Å². The maximum absolute atomic E-state index is 13.1. The highest BCUT2D eigenvalue weighted by atomic mass is 16.7. The molecule has 1 amide bonds. The average Bonchev–Trinajstić information content (AvgIpc) is 3.38. The van der Waals surface area contributed by atoms with Crippen LogP contribution in [0.15, 0.2) is 48.5 Å². The van der Waals surface area contributed by atoms with Gasteiger partial charge in [0.2, 0.25) is 12.7 Å². The molecule has 204 valence electrons. The minimum Gasteiger partial charge on any atom is -0.454 e. The minimum absolute atomic E-state index is 0.0278. The van der Waals surface area contributed by atoms with Crippen LogP contribution in [-0.2, 0) is 27.2 Å². The highest BCUT2D eigenvalue weighted by molar-refractivity contribution is 5.76. The molecule has 2 aliphatic heterocycles. The van der Waals surface area contributed by atoms with Gasteiger partial charge >= 0.3 is 0 Å². The first-order chi connectivity index (χ1) is 18.3. The Morgan fingerprint density at radius 3 is 2.66 bits per heavy atom. The molecule has 1 unspecified atom stereocenters. The molecule has 7 heteroatoms. The van der Waals surface area contributed by atoms with E-state index in [-0.39, 0.29) is 41.8 Å². The molecule has 7 nitrogen and oxygen atoms in total. The van der Waals surface area contributed by atoms with Crippen molar-refractivity contribution in [3.05, 3.63) is 59.7 Å². The molecule has 1 saturated heterocycles. The van der Waals surface area contributed by atoms with E-state index in [9.17, 15) is 9.90 Å². The van der Waals surface area contributed by atoms with Crippen molar-refractivity contribution in [2.75, 3.05) is 13.4 Å². The third-order valence-electron chi connectivity index (χ3n) is 9.81. The van der Waals surface area contributed by atoms with Crippen LogP contribution in [0.2, 0.25) is 0 Å². The number of benzene rings is 2. The van der Waals surface area contributed by atoms with Crippen LogP contribution in [-0.4, -0.2) is 42.9 Å². The Morgan fingerprint density at radius 1 is 1.00 bits per heavy atom. The van der Waals surface area contributed by atoms with Crippen LogP contribution < -0.4 is 14.8 Å². The summed E-state index contributed by atoms with van der Waals surface area (Å²) in [5.74, 6) is 1.64. The lowest BCUT2D eigenvalue weighted by atomic mass is 9.46. The number of fused-ring (bicyclic) bond motifs is 4. The van der Waals surface area contributed by atoms with Gasteiger partial charge in [0.05, 0.1) is 18.8 Å². The lowest BCUT2D eigenvalue weighted by Crippen LogP contribution is -2.63. The molecule has 4 aliphatic rings. The molecule has 2 aromatic rings. The van der Waals surface area contributed by atoms with E-state index >= 15 is 0 Å². The van der Waals surface area contributed by atoms with Gasteiger partial charge < -0.3 is 29.4 Å². The zero-order valence-corrected chi connectivity index (χ0v) is 22.4. The predicted octanol–water partition coefficient (Wildman–Crippen LogP) is 4.60. The van der Waals surface area contributed by atoms with Crippen LogP contribution >= 0.6 is 0 Å². The first-order valence-corrected chi connectivity index (χ1v) is 14.0. The number of hydrogen-bond acceptors (Lipinski definition) is 6. The Bertz CT molecular complexity index is 1160. The fourth-order valence-electron chi connectivity index (χ4n) is 7.72. The molecular weight excluding hydrogens is 482 g/mol. The van der Waals surface area contributed by atoms with Gasteiger partial charge in [-0.2, -0.15) is 0 Å². The van der Waals surface area contributed by atoms with Crippen LogP contribution in [0, 0.1) is 22.7 Å². The van der Waals surface area contributed by atoms with Crippen molar-refractivity contribution >= 4 is 5.91 Å². The van der Waals surface area contributed by atoms with Crippen LogP contribution in [0.5, 0.6) is 11.5 Å². The topological polar surface area (TPSA) is 86.2 Å². The number of rotatable bonds is 6. The summed E-state index contributed by atoms with van der Waals surface area (Å²) in [4.78, 5) is 13.1. The summed E-state index contributed by atoms with van der Waals surface area (Å²) >= 11 is 0. The van der Waals surface area contributed by atoms with Crippen molar-refractivity contribution in [1.82, 2.24) is 5.32 Å². The van der Waals surface area contributed by atoms with Crippen molar-refractivity contribution in [2.45, 2.75) is 77.4 Å². The number of amides is 1. The molecule has 7 atom stereocenters. The molecule has 38 heavy (non-hydrogen) atoms. The van der Waals surface area contributed by atoms with Crippen molar-refractivity contribution in [2.24, 2.45) is 22.7 Å². The maximum atomic E-state index is 13.1. The molecule has 2 N–H and O–H groups in total. The molecule has 0 radical (unpaired) electrons. The monoisotopic (exact) mass is 521 g/mol. The number of carbonyl (C=O) groups is 1. The summed E-state index contributed by atoms with van der Waals surface area (Å²) in [6.45, 7) is 5.88. The summed E-state index contributed by atoms with van der Waals surface area (Å²) in [6, 6.07) is 16.1. The molecule has 6 rings (SSSR count). The van der Waals surface area contributed by atoms with E-state index in [1.807, 2.05) is 36.4 Å². The van der Waals surface area contributed by atoms with Crippen molar-refractivity contribution in [3.8, 4) is 11.5 Å². The molecule has 2 heterocycles. The third-order valence-corrected chi connectivity index (χ3v) is 9.81. The first kappa shape index (κ1) is 25.7. The highest BCUT2D eigenvalue weighted by Crippen LogP contribution is 2.62. The van der Waals surface area contributed by atoms with Gasteiger partial charge in [-0.05, 0) is 66.2 Å². The van der Waals surface area contributed by atoms with Crippen LogP contribution in [0.1, 0.15) is 57.1 Å². The van der Waals surface area contributed by atoms with Crippen LogP contribution in [0.4, 0.5) is 0 Å². The van der Waals surface area contributed by atoms with Crippen molar-refractivity contribution < 1.29 is 28.8 Å². The van der Waals surface area contributed by atoms with Gasteiger partial charge in [0.1, 0.15) is 0 Å². The van der Waals surface area contributed by atoms with E-state index in [0.717, 1.165) is 37.0 Å². The van der Waals surface area contributed by atoms with Crippen LogP contribution in [0.3, 0.4) is 0 Å². The fourth-order valence-corrected chi connectivity index (χ4v) is 7.72. The Kier molecular flexibility index (Phi) is 6.87. The summed E-state index contributed by atoms with van der Waals surface area (Å²) in [5.41, 5.74) is 1.89. The Balaban J connectivity index is 1.11. The van der Waals surface area contributed by atoms with Crippen molar-refractivity contribution in [3.63, 3.8) is 0 Å². The summed E-state index contributed by atoms with van der Waals surface area (Å²) < 4.78 is 23.7. The summed E-state index contributed by atoms with van der Waals surface area (Å²) in [5, 5.41) is 14.2. The second-order valence-electron chi connectivity index (χ2n) is 12.1. The molecule has 2 aromatic carbocycles. The Morgan fingerprint density at radius 2 is 1.82 bits per heavy atom. The fraction of sp³-hybridized carbons (Fsp3) is 0.581. The minimum atomic E-state index is -0.482. The molecule has 3 fully saturated rings. The molecule has 0 bridgehead atoms. The van der Waals surface area contributed by atoms with Gasteiger partial charge in [0, 0.05) is 24.8 Å².